The van der Waals surface area contributed by atoms with Crippen molar-refractivity contribution in [1.29, 1.82) is 0 Å². The number of rotatable bonds is 8. The number of nitro groups is 2. The Hall–Kier alpha value is -4.98. The Morgan fingerprint density at radius 1 is 0.500 bits per heavy atom. The first-order valence-corrected chi connectivity index (χ1v) is 13.1. The molecule has 8 nitrogen and oxygen atoms in total. The van der Waals surface area contributed by atoms with Gasteiger partial charge in [-0.05, 0) is 48.2 Å². The van der Waals surface area contributed by atoms with Crippen LogP contribution in [0.3, 0.4) is 0 Å². The van der Waals surface area contributed by atoms with Crippen LogP contribution in [-0.2, 0) is 5.41 Å². The molecule has 0 aliphatic heterocycles. The molecule has 0 saturated heterocycles. The van der Waals surface area contributed by atoms with Crippen molar-refractivity contribution in [1.82, 2.24) is 0 Å². The van der Waals surface area contributed by atoms with Crippen molar-refractivity contribution in [2.24, 2.45) is 0 Å². The Labute approximate surface area is 230 Å². The van der Waals surface area contributed by atoms with Crippen LogP contribution in [0.15, 0.2) is 97.1 Å². The maximum atomic E-state index is 13.0. The molecule has 200 valence electrons. The SMILES string of the molecule is O=C(c1ccc([N+](=O)[O-])cc1)c1ccc(C2(c3ccc(C(=O)c4ccc([N+](=O)[O-])cc4)cc3)CCCCC2)cc1. The number of non-ortho nitro benzene ring substituents is 2. The van der Waals surface area contributed by atoms with E-state index in [4.69, 9.17) is 0 Å². The summed E-state index contributed by atoms with van der Waals surface area (Å²) in [6.07, 6.45) is 5.16. The summed E-state index contributed by atoms with van der Waals surface area (Å²) in [7, 11) is 0. The number of hydrogen-bond acceptors (Lipinski definition) is 6. The molecule has 0 bridgehead atoms. The van der Waals surface area contributed by atoms with Gasteiger partial charge >= 0.3 is 0 Å². The third kappa shape index (κ3) is 5.16. The van der Waals surface area contributed by atoms with Gasteiger partial charge in [-0.3, -0.25) is 29.8 Å². The molecule has 40 heavy (non-hydrogen) atoms. The van der Waals surface area contributed by atoms with E-state index in [0.717, 1.165) is 43.2 Å². The average Bonchev–Trinajstić information content (AvgIpc) is 3.01. The van der Waals surface area contributed by atoms with Gasteiger partial charge in [-0.1, -0.05) is 67.8 Å². The van der Waals surface area contributed by atoms with E-state index < -0.39 is 9.85 Å². The molecule has 1 aliphatic rings. The molecule has 1 saturated carbocycles. The predicted molar refractivity (Wildman–Crippen MR) is 150 cm³/mol. The molecule has 0 unspecified atom stereocenters. The van der Waals surface area contributed by atoms with Crippen LogP contribution in [0, 0.1) is 20.2 Å². The number of hydrogen-bond donors (Lipinski definition) is 0. The Balaban J connectivity index is 1.40. The second kappa shape index (κ2) is 11.0. The maximum absolute atomic E-state index is 13.0. The molecule has 0 heterocycles. The second-order valence-corrected chi connectivity index (χ2v) is 10.1. The van der Waals surface area contributed by atoms with Gasteiger partial charge in [0.2, 0.25) is 0 Å². The predicted octanol–water partition coefficient (Wildman–Crippen LogP) is 7.22. The Bertz CT molecular complexity index is 1450. The van der Waals surface area contributed by atoms with E-state index in [2.05, 4.69) is 0 Å². The van der Waals surface area contributed by atoms with E-state index in [-0.39, 0.29) is 28.4 Å². The zero-order valence-electron chi connectivity index (χ0n) is 21.6. The van der Waals surface area contributed by atoms with Gasteiger partial charge in [0, 0.05) is 51.9 Å². The van der Waals surface area contributed by atoms with Gasteiger partial charge in [0.1, 0.15) is 0 Å². The molecule has 0 spiro atoms. The van der Waals surface area contributed by atoms with Crippen molar-refractivity contribution in [2.45, 2.75) is 37.5 Å². The fourth-order valence-corrected chi connectivity index (χ4v) is 5.58. The highest BCUT2D eigenvalue weighted by atomic mass is 16.6. The summed E-state index contributed by atoms with van der Waals surface area (Å²) >= 11 is 0. The molecule has 0 aromatic heterocycles. The van der Waals surface area contributed by atoms with Gasteiger partial charge < -0.3 is 0 Å². The maximum Gasteiger partial charge on any atom is 0.269 e. The smallest absolute Gasteiger partial charge is 0.269 e. The van der Waals surface area contributed by atoms with Gasteiger partial charge in [-0.2, -0.15) is 0 Å². The fourth-order valence-electron chi connectivity index (χ4n) is 5.58. The summed E-state index contributed by atoms with van der Waals surface area (Å²) in [5, 5.41) is 21.8. The van der Waals surface area contributed by atoms with E-state index in [0.29, 0.717) is 22.3 Å². The van der Waals surface area contributed by atoms with Crippen molar-refractivity contribution in [3.05, 3.63) is 151 Å². The molecule has 4 aromatic rings. The van der Waals surface area contributed by atoms with Crippen LogP contribution in [0.25, 0.3) is 0 Å². The first-order chi connectivity index (χ1) is 19.3. The summed E-state index contributed by atoms with van der Waals surface area (Å²) in [5.41, 5.74) is 3.61. The lowest BCUT2D eigenvalue weighted by molar-refractivity contribution is -0.385. The molecule has 0 atom stereocenters. The van der Waals surface area contributed by atoms with Crippen molar-refractivity contribution >= 4 is 22.9 Å². The largest absolute Gasteiger partial charge is 0.289 e. The third-order valence-corrected chi connectivity index (χ3v) is 7.79. The summed E-state index contributed by atoms with van der Waals surface area (Å²) in [4.78, 5) is 46.8. The minimum Gasteiger partial charge on any atom is -0.289 e. The van der Waals surface area contributed by atoms with E-state index >= 15 is 0 Å². The van der Waals surface area contributed by atoms with Crippen molar-refractivity contribution < 1.29 is 19.4 Å². The topological polar surface area (TPSA) is 120 Å². The standard InChI is InChI=1S/C32H26N2O6/c35-30(24-8-16-28(17-9-24)33(37)38)22-4-12-26(13-5-22)32(20-2-1-3-21-32)27-14-6-23(7-15-27)31(36)25-10-18-29(19-11-25)34(39)40/h4-19H,1-3,20-21H2. The summed E-state index contributed by atoms with van der Waals surface area (Å²) < 4.78 is 0. The molecule has 0 radical (unpaired) electrons. The molecule has 0 amide bonds. The highest BCUT2D eigenvalue weighted by Crippen LogP contribution is 2.45. The first-order valence-electron chi connectivity index (χ1n) is 13.1. The van der Waals surface area contributed by atoms with Crippen LogP contribution < -0.4 is 0 Å². The van der Waals surface area contributed by atoms with Gasteiger partial charge in [0.25, 0.3) is 11.4 Å². The van der Waals surface area contributed by atoms with Crippen molar-refractivity contribution in [3.63, 3.8) is 0 Å². The normalized spacial score (nSPS) is 14.3. The summed E-state index contributed by atoms with van der Waals surface area (Å²) in [5.74, 6) is -0.401. The highest BCUT2D eigenvalue weighted by molar-refractivity contribution is 6.09. The van der Waals surface area contributed by atoms with Crippen LogP contribution in [0.1, 0.15) is 75.1 Å². The number of benzene rings is 4. The second-order valence-electron chi connectivity index (χ2n) is 10.1. The summed E-state index contributed by atoms with van der Waals surface area (Å²) in [6.45, 7) is 0. The van der Waals surface area contributed by atoms with E-state index in [1.54, 1.807) is 0 Å². The van der Waals surface area contributed by atoms with E-state index in [1.807, 2.05) is 48.5 Å². The number of nitro benzene ring substituents is 2. The van der Waals surface area contributed by atoms with Crippen LogP contribution in [0.5, 0.6) is 0 Å². The van der Waals surface area contributed by atoms with Gasteiger partial charge in [-0.25, -0.2) is 0 Å². The molecule has 0 N–H and O–H groups in total. The number of carbonyl (C=O) groups is 2. The molecular formula is C32H26N2O6. The minimum atomic E-state index is -0.495. The van der Waals surface area contributed by atoms with Crippen molar-refractivity contribution in [3.8, 4) is 0 Å². The molecule has 1 aliphatic carbocycles. The third-order valence-electron chi connectivity index (χ3n) is 7.79. The zero-order chi connectivity index (χ0) is 28.3. The molecule has 8 heteroatoms. The Morgan fingerprint density at radius 2 is 0.800 bits per heavy atom. The first kappa shape index (κ1) is 26.6. The van der Waals surface area contributed by atoms with E-state index in [9.17, 15) is 29.8 Å². The lowest BCUT2D eigenvalue weighted by Gasteiger charge is -2.39. The lowest BCUT2D eigenvalue weighted by atomic mass is 9.65. The van der Waals surface area contributed by atoms with Crippen molar-refractivity contribution in [2.75, 3.05) is 0 Å². The van der Waals surface area contributed by atoms with Gasteiger partial charge in [0.05, 0.1) is 9.85 Å². The quantitative estimate of drug-likeness (QED) is 0.134. The van der Waals surface area contributed by atoms with Crippen LogP contribution in [-0.4, -0.2) is 21.4 Å². The fraction of sp³-hybridized carbons (Fsp3) is 0.188. The number of ketones is 2. The van der Waals surface area contributed by atoms with Crippen LogP contribution >= 0.6 is 0 Å². The van der Waals surface area contributed by atoms with Gasteiger partial charge in [-0.15, -0.1) is 0 Å². The number of nitrogens with zero attached hydrogens (tertiary/aromatic N) is 2. The molecule has 1 fully saturated rings. The molecule has 4 aromatic carbocycles. The average molecular weight is 535 g/mol. The zero-order valence-corrected chi connectivity index (χ0v) is 21.6. The number of carbonyl (C=O) groups excluding carboxylic acids is 2. The van der Waals surface area contributed by atoms with Crippen LogP contribution in [0.2, 0.25) is 0 Å². The van der Waals surface area contributed by atoms with E-state index in [1.165, 1.54) is 48.5 Å². The van der Waals surface area contributed by atoms with Gasteiger partial charge in [0.15, 0.2) is 11.6 Å². The lowest BCUT2D eigenvalue weighted by Crippen LogP contribution is -2.30. The Kier molecular flexibility index (Phi) is 7.33. The monoisotopic (exact) mass is 534 g/mol. The highest BCUT2D eigenvalue weighted by Gasteiger charge is 2.36. The molecule has 5 rings (SSSR count). The Morgan fingerprint density at radius 3 is 1.10 bits per heavy atom. The summed E-state index contributed by atoms with van der Waals surface area (Å²) in [6, 6.07) is 26.4. The molecular weight excluding hydrogens is 508 g/mol. The van der Waals surface area contributed by atoms with Crippen LogP contribution in [0.4, 0.5) is 11.4 Å². The minimum absolute atomic E-state index is 0.0633.